The molecule has 0 heterocycles. The number of hydrogen-bond donors (Lipinski definition) is 3. The zero-order chi connectivity index (χ0) is 22.5. The van der Waals surface area contributed by atoms with E-state index in [-0.39, 0.29) is 24.9 Å². The molecule has 1 atom stereocenters. The second kappa shape index (κ2) is 20.7. The van der Waals surface area contributed by atoms with Crippen LogP contribution in [0.25, 0.3) is 0 Å². The molecular weight excluding hydrogens is 396 g/mol. The Hall–Kier alpha value is -1.59. The standard InChI is InChI=1S/C20H38N2O8/c1-3-27-11-13-29-15-17(23)7-6-10-28-12-14-30-16-19(24)22-9-5-4-8-18(21-2)20(25)26/h18,21H,3-16H2,1-2H3,(H,22,24)(H,25,26)/t18-/m0/s1. The molecule has 0 aliphatic carbocycles. The van der Waals surface area contributed by atoms with Crippen molar-refractivity contribution in [2.75, 3.05) is 66.4 Å². The van der Waals surface area contributed by atoms with Gasteiger partial charge < -0.3 is 34.7 Å². The highest BCUT2D eigenvalue weighted by Gasteiger charge is 2.13. The molecule has 0 aromatic carbocycles. The van der Waals surface area contributed by atoms with Crippen LogP contribution in [0, 0.1) is 0 Å². The summed E-state index contributed by atoms with van der Waals surface area (Å²) >= 11 is 0. The van der Waals surface area contributed by atoms with Crippen molar-refractivity contribution in [3.63, 3.8) is 0 Å². The second-order valence-corrected chi connectivity index (χ2v) is 6.58. The maximum atomic E-state index is 11.6. The highest BCUT2D eigenvalue weighted by atomic mass is 16.5. The van der Waals surface area contributed by atoms with Crippen LogP contribution >= 0.6 is 0 Å². The molecule has 10 nitrogen and oxygen atoms in total. The first-order valence-corrected chi connectivity index (χ1v) is 10.5. The monoisotopic (exact) mass is 434 g/mol. The van der Waals surface area contributed by atoms with Gasteiger partial charge in [-0.25, -0.2) is 0 Å². The summed E-state index contributed by atoms with van der Waals surface area (Å²) in [4.78, 5) is 34.0. The van der Waals surface area contributed by atoms with E-state index in [1.807, 2.05) is 6.92 Å². The lowest BCUT2D eigenvalue weighted by molar-refractivity contribution is -0.139. The number of ketones is 1. The molecule has 0 rings (SSSR count). The van der Waals surface area contributed by atoms with Gasteiger partial charge in [-0.3, -0.25) is 14.4 Å². The van der Waals surface area contributed by atoms with E-state index in [0.717, 1.165) is 0 Å². The van der Waals surface area contributed by atoms with E-state index in [9.17, 15) is 14.4 Å². The van der Waals surface area contributed by atoms with Crippen LogP contribution < -0.4 is 10.6 Å². The van der Waals surface area contributed by atoms with Crippen LogP contribution in [0.4, 0.5) is 0 Å². The molecule has 0 aromatic rings. The maximum absolute atomic E-state index is 11.6. The van der Waals surface area contributed by atoms with Crippen molar-refractivity contribution in [3.05, 3.63) is 0 Å². The fourth-order valence-corrected chi connectivity index (χ4v) is 2.42. The van der Waals surface area contributed by atoms with Gasteiger partial charge >= 0.3 is 5.97 Å². The second-order valence-electron chi connectivity index (χ2n) is 6.58. The van der Waals surface area contributed by atoms with Gasteiger partial charge in [0, 0.05) is 26.2 Å². The van der Waals surface area contributed by atoms with Crippen LogP contribution in [0.5, 0.6) is 0 Å². The Morgan fingerprint density at radius 3 is 2.20 bits per heavy atom. The molecule has 0 aromatic heterocycles. The van der Waals surface area contributed by atoms with E-state index in [1.54, 1.807) is 7.05 Å². The van der Waals surface area contributed by atoms with Gasteiger partial charge in [-0.2, -0.15) is 0 Å². The molecular formula is C20H38N2O8. The number of unbranched alkanes of at least 4 members (excludes halogenated alkanes) is 1. The number of ether oxygens (including phenoxy) is 4. The van der Waals surface area contributed by atoms with Crippen molar-refractivity contribution in [2.24, 2.45) is 0 Å². The summed E-state index contributed by atoms with van der Waals surface area (Å²) in [5.41, 5.74) is 0. The van der Waals surface area contributed by atoms with Gasteiger partial charge in [0.15, 0.2) is 5.78 Å². The average Bonchev–Trinajstić information content (AvgIpc) is 2.72. The van der Waals surface area contributed by atoms with Gasteiger partial charge in [0.05, 0.1) is 26.4 Å². The number of carboxylic acids is 1. The van der Waals surface area contributed by atoms with E-state index < -0.39 is 12.0 Å². The number of rotatable bonds is 22. The van der Waals surface area contributed by atoms with E-state index in [0.29, 0.717) is 78.3 Å². The smallest absolute Gasteiger partial charge is 0.320 e. The fraction of sp³-hybridized carbons (Fsp3) is 0.850. The molecule has 0 aliphatic heterocycles. The van der Waals surface area contributed by atoms with E-state index in [2.05, 4.69) is 10.6 Å². The molecule has 0 radical (unpaired) electrons. The number of carbonyl (C=O) groups excluding carboxylic acids is 2. The Morgan fingerprint density at radius 2 is 1.53 bits per heavy atom. The van der Waals surface area contributed by atoms with Gasteiger partial charge in [0.1, 0.15) is 19.3 Å². The van der Waals surface area contributed by atoms with Gasteiger partial charge in [-0.05, 0) is 39.7 Å². The van der Waals surface area contributed by atoms with Crippen molar-refractivity contribution in [1.82, 2.24) is 10.6 Å². The molecule has 1 amide bonds. The highest BCUT2D eigenvalue weighted by Crippen LogP contribution is 2.00. The molecule has 0 saturated heterocycles. The number of likely N-dealkylation sites (N-methyl/N-ethyl adjacent to an activating group) is 1. The Balaban J connectivity index is 3.38. The summed E-state index contributed by atoms with van der Waals surface area (Å²) < 4.78 is 20.9. The van der Waals surface area contributed by atoms with Crippen molar-refractivity contribution >= 4 is 17.7 Å². The van der Waals surface area contributed by atoms with Crippen LogP contribution in [-0.4, -0.2) is 95.3 Å². The number of hydrogen-bond acceptors (Lipinski definition) is 8. The summed E-state index contributed by atoms with van der Waals surface area (Å²) in [5, 5.41) is 14.4. The highest BCUT2D eigenvalue weighted by molar-refractivity contribution is 5.79. The van der Waals surface area contributed by atoms with Crippen LogP contribution in [0.3, 0.4) is 0 Å². The minimum Gasteiger partial charge on any atom is -0.480 e. The number of nitrogens with one attached hydrogen (secondary N) is 2. The first-order chi connectivity index (χ1) is 14.5. The first kappa shape index (κ1) is 28.4. The predicted octanol–water partition coefficient (Wildman–Crippen LogP) is 0.381. The molecule has 3 N–H and O–H groups in total. The maximum Gasteiger partial charge on any atom is 0.320 e. The SMILES string of the molecule is CCOCCOCC(=O)CCCOCCOCC(=O)NCCCC[C@H](NC)C(=O)O. The number of amides is 1. The Morgan fingerprint density at radius 1 is 0.867 bits per heavy atom. The van der Waals surface area contributed by atoms with Crippen molar-refractivity contribution < 1.29 is 38.4 Å². The first-order valence-electron chi connectivity index (χ1n) is 10.5. The van der Waals surface area contributed by atoms with E-state index in [4.69, 9.17) is 24.1 Å². The van der Waals surface area contributed by atoms with Gasteiger partial charge in [0.2, 0.25) is 5.91 Å². The minimum atomic E-state index is -0.869. The third kappa shape index (κ3) is 18.4. The Labute approximate surface area is 179 Å². The lowest BCUT2D eigenvalue weighted by atomic mass is 10.1. The van der Waals surface area contributed by atoms with Crippen molar-refractivity contribution in [2.45, 2.75) is 45.1 Å². The van der Waals surface area contributed by atoms with Gasteiger partial charge in [0.25, 0.3) is 0 Å². The third-order valence-electron chi connectivity index (χ3n) is 4.08. The van der Waals surface area contributed by atoms with Crippen molar-refractivity contribution in [1.29, 1.82) is 0 Å². The normalized spacial score (nSPS) is 11.9. The lowest BCUT2D eigenvalue weighted by Gasteiger charge is -2.11. The molecule has 0 aliphatic rings. The van der Waals surface area contributed by atoms with Gasteiger partial charge in [-0.15, -0.1) is 0 Å². The molecule has 0 unspecified atom stereocenters. The zero-order valence-corrected chi connectivity index (χ0v) is 18.3. The minimum absolute atomic E-state index is 0.0347. The number of carboxylic acid groups (broad SMARTS) is 1. The topological polar surface area (TPSA) is 132 Å². The largest absolute Gasteiger partial charge is 0.480 e. The molecule has 30 heavy (non-hydrogen) atoms. The molecule has 0 spiro atoms. The summed E-state index contributed by atoms with van der Waals surface area (Å²) in [7, 11) is 1.61. The quantitative estimate of drug-likeness (QED) is 0.207. The molecule has 10 heteroatoms. The Bertz CT molecular complexity index is 462. The summed E-state index contributed by atoms with van der Waals surface area (Å²) in [6, 6.07) is -0.554. The Kier molecular flexibility index (Phi) is 19.6. The molecule has 0 saturated carbocycles. The van der Waals surface area contributed by atoms with E-state index >= 15 is 0 Å². The van der Waals surface area contributed by atoms with Crippen molar-refractivity contribution in [3.8, 4) is 0 Å². The number of carbonyl (C=O) groups is 3. The predicted molar refractivity (Wildman–Crippen MR) is 111 cm³/mol. The van der Waals surface area contributed by atoms with Crippen LogP contribution in [-0.2, 0) is 33.3 Å². The number of aliphatic carboxylic acids is 1. The summed E-state index contributed by atoms with van der Waals surface area (Å²) in [6.45, 7) is 5.09. The summed E-state index contributed by atoms with van der Waals surface area (Å²) in [5.74, 6) is -1.05. The van der Waals surface area contributed by atoms with Gasteiger partial charge in [-0.1, -0.05) is 0 Å². The van der Waals surface area contributed by atoms with Crippen LogP contribution in [0.1, 0.15) is 39.0 Å². The average molecular weight is 435 g/mol. The lowest BCUT2D eigenvalue weighted by Crippen LogP contribution is -2.34. The number of Topliss-reactive ketones (excluding diaryl/α,β-unsaturated/α-hetero) is 1. The summed E-state index contributed by atoms with van der Waals surface area (Å²) in [6.07, 6.45) is 2.94. The fourth-order valence-electron chi connectivity index (χ4n) is 2.42. The van der Waals surface area contributed by atoms with E-state index in [1.165, 1.54) is 0 Å². The van der Waals surface area contributed by atoms with Crippen LogP contribution in [0.15, 0.2) is 0 Å². The zero-order valence-electron chi connectivity index (χ0n) is 18.3. The third-order valence-corrected chi connectivity index (χ3v) is 4.08. The molecule has 176 valence electrons. The molecule has 0 bridgehead atoms. The van der Waals surface area contributed by atoms with Crippen LogP contribution in [0.2, 0.25) is 0 Å². The molecule has 0 fully saturated rings.